The van der Waals surface area contributed by atoms with Crippen LogP contribution < -0.4 is 4.74 Å². The monoisotopic (exact) mass is 302 g/mol. The number of rotatable bonds is 5. The van der Waals surface area contributed by atoms with Crippen molar-refractivity contribution in [1.82, 2.24) is 0 Å². The highest BCUT2D eigenvalue weighted by Crippen LogP contribution is 2.29. The number of carbonyl (C=O) groups is 1. The van der Waals surface area contributed by atoms with Crippen LogP contribution in [0.25, 0.3) is 0 Å². The van der Waals surface area contributed by atoms with Gasteiger partial charge in [-0.3, -0.25) is 0 Å². The third kappa shape index (κ3) is 3.79. The molecule has 3 nitrogen and oxygen atoms in total. The normalized spacial score (nSPS) is 10.4. The zero-order valence-electron chi connectivity index (χ0n) is 12.3. The molecule has 0 radical (unpaired) electrons. The smallest absolute Gasteiger partial charge is 0.339 e. The Morgan fingerprint density at radius 3 is 2.57 bits per heavy atom. The third-order valence-corrected chi connectivity index (χ3v) is 4.47. The highest BCUT2D eigenvalue weighted by atomic mass is 32.2. The number of carboxylic acids is 1. The first-order valence-corrected chi connectivity index (χ1v) is 7.60. The molecule has 0 amide bonds. The molecule has 0 bridgehead atoms. The summed E-state index contributed by atoms with van der Waals surface area (Å²) in [6.07, 6.45) is 0. The van der Waals surface area contributed by atoms with Crippen LogP contribution in [0, 0.1) is 13.8 Å². The highest BCUT2D eigenvalue weighted by Gasteiger charge is 2.11. The van der Waals surface area contributed by atoms with E-state index in [0.717, 1.165) is 11.3 Å². The summed E-state index contributed by atoms with van der Waals surface area (Å²) in [6.45, 7) is 4.18. The molecule has 0 unspecified atom stereocenters. The molecular formula is C17H18O3S. The number of hydrogen-bond acceptors (Lipinski definition) is 3. The zero-order valence-corrected chi connectivity index (χ0v) is 13.2. The lowest BCUT2D eigenvalue weighted by atomic mass is 10.1. The lowest BCUT2D eigenvalue weighted by Gasteiger charge is -2.09. The third-order valence-electron chi connectivity index (χ3n) is 3.22. The first kappa shape index (κ1) is 15.4. The lowest BCUT2D eigenvalue weighted by Crippen LogP contribution is -2.01. The van der Waals surface area contributed by atoms with Gasteiger partial charge in [-0.05, 0) is 43.2 Å². The van der Waals surface area contributed by atoms with E-state index >= 15 is 0 Å². The summed E-state index contributed by atoms with van der Waals surface area (Å²) in [4.78, 5) is 12.3. The van der Waals surface area contributed by atoms with Gasteiger partial charge in [-0.2, -0.15) is 0 Å². The van der Waals surface area contributed by atoms with Gasteiger partial charge in [-0.15, -0.1) is 11.8 Å². The fraction of sp³-hybridized carbons (Fsp3) is 0.235. The van der Waals surface area contributed by atoms with Gasteiger partial charge < -0.3 is 9.84 Å². The van der Waals surface area contributed by atoms with Crippen LogP contribution >= 0.6 is 11.8 Å². The van der Waals surface area contributed by atoms with Gasteiger partial charge in [-0.1, -0.05) is 23.8 Å². The Bertz CT molecular complexity index is 665. The average Bonchev–Trinajstić information content (AvgIpc) is 2.45. The highest BCUT2D eigenvalue weighted by molar-refractivity contribution is 7.98. The summed E-state index contributed by atoms with van der Waals surface area (Å²) in [6, 6.07) is 11.6. The maximum absolute atomic E-state index is 11.1. The molecule has 0 fully saturated rings. The predicted molar refractivity (Wildman–Crippen MR) is 85.4 cm³/mol. The zero-order chi connectivity index (χ0) is 15.4. The number of hydrogen-bond donors (Lipinski definition) is 1. The van der Waals surface area contributed by atoms with E-state index in [0.29, 0.717) is 5.75 Å². The van der Waals surface area contributed by atoms with Crippen molar-refractivity contribution < 1.29 is 14.6 Å². The lowest BCUT2D eigenvalue weighted by molar-refractivity contribution is 0.0693. The van der Waals surface area contributed by atoms with Crippen molar-refractivity contribution in [3.05, 3.63) is 58.7 Å². The summed E-state index contributed by atoms with van der Waals surface area (Å²) in [5, 5.41) is 9.07. The van der Waals surface area contributed by atoms with Gasteiger partial charge in [0.2, 0.25) is 0 Å². The van der Waals surface area contributed by atoms with Crippen molar-refractivity contribution in [2.24, 2.45) is 0 Å². The van der Waals surface area contributed by atoms with Gasteiger partial charge in [-0.25, -0.2) is 4.79 Å². The molecule has 2 aromatic carbocycles. The van der Waals surface area contributed by atoms with E-state index in [1.54, 1.807) is 23.9 Å². The summed E-state index contributed by atoms with van der Waals surface area (Å²) >= 11 is 1.74. The van der Waals surface area contributed by atoms with Gasteiger partial charge in [0, 0.05) is 10.6 Å². The molecule has 0 aliphatic heterocycles. The van der Waals surface area contributed by atoms with E-state index in [1.807, 2.05) is 6.07 Å². The van der Waals surface area contributed by atoms with Gasteiger partial charge in [0.25, 0.3) is 0 Å². The molecule has 1 N–H and O–H groups in total. The topological polar surface area (TPSA) is 46.5 Å². The number of aromatic carboxylic acids is 1. The van der Waals surface area contributed by atoms with E-state index in [9.17, 15) is 4.79 Å². The summed E-state index contributed by atoms with van der Waals surface area (Å²) in [5.41, 5.74) is 3.75. The van der Waals surface area contributed by atoms with Crippen LogP contribution in [0.2, 0.25) is 0 Å². The van der Waals surface area contributed by atoms with Crippen LogP contribution in [0.3, 0.4) is 0 Å². The number of ether oxygens (including phenoxy) is 1. The first-order chi connectivity index (χ1) is 10.0. The second kappa shape index (κ2) is 6.68. The van der Waals surface area contributed by atoms with Crippen molar-refractivity contribution in [2.75, 3.05) is 7.11 Å². The molecule has 0 aliphatic carbocycles. The van der Waals surface area contributed by atoms with Crippen LogP contribution in [0.5, 0.6) is 5.75 Å². The molecule has 0 heterocycles. The number of benzene rings is 2. The molecule has 0 saturated heterocycles. The minimum absolute atomic E-state index is 0.192. The Kier molecular flexibility index (Phi) is 4.91. The molecule has 0 spiro atoms. The predicted octanol–water partition coefficient (Wildman–Crippen LogP) is 4.30. The van der Waals surface area contributed by atoms with Crippen molar-refractivity contribution >= 4 is 17.7 Å². The van der Waals surface area contributed by atoms with Crippen molar-refractivity contribution in [3.63, 3.8) is 0 Å². The quantitative estimate of drug-likeness (QED) is 0.836. The van der Waals surface area contributed by atoms with E-state index in [-0.39, 0.29) is 5.56 Å². The molecule has 0 saturated carbocycles. The fourth-order valence-electron chi connectivity index (χ4n) is 2.12. The van der Waals surface area contributed by atoms with Crippen LogP contribution in [-0.4, -0.2) is 18.2 Å². The van der Waals surface area contributed by atoms with E-state index in [1.165, 1.54) is 23.1 Å². The standard InChI is InChI=1S/C17H18O3S/c1-11-4-7-16(12(2)8-11)21-10-13-5-6-14(17(18)19)15(9-13)20-3/h4-9H,10H2,1-3H3,(H,18,19). The molecule has 21 heavy (non-hydrogen) atoms. The fourth-order valence-corrected chi connectivity index (χ4v) is 3.08. The summed E-state index contributed by atoms with van der Waals surface area (Å²) in [5.74, 6) is 0.210. The largest absolute Gasteiger partial charge is 0.496 e. The van der Waals surface area contributed by atoms with Crippen molar-refractivity contribution in [1.29, 1.82) is 0 Å². The van der Waals surface area contributed by atoms with Gasteiger partial charge in [0.15, 0.2) is 0 Å². The Morgan fingerprint density at radius 1 is 1.19 bits per heavy atom. The van der Waals surface area contributed by atoms with E-state index < -0.39 is 5.97 Å². The van der Waals surface area contributed by atoms with Crippen LogP contribution in [0.15, 0.2) is 41.3 Å². The average molecular weight is 302 g/mol. The van der Waals surface area contributed by atoms with Crippen molar-refractivity contribution in [2.45, 2.75) is 24.5 Å². The SMILES string of the molecule is COc1cc(CSc2ccc(C)cc2C)ccc1C(=O)O. The number of thioether (sulfide) groups is 1. The maximum atomic E-state index is 11.1. The molecule has 2 aromatic rings. The molecule has 0 aliphatic rings. The Hall–Kier alpha value is -1.94. The van der Waals surface area contributed by atoms with E-state index in [2.05, 4.69) is 32.0 Å². The molecule has 0 atom stereocenters. The second-order valence-electron chi connectivity index (χ2n) is 4.90. The Morgan fingerprint density at radius 2 is 1.95 bits per heavy atom. The summed E-state index contributed by atoms with van der Waals surface area (Å²) in [7, 11) is 1.49. The van der Waals surface area contributed by atoms with Crippen LogP contribution in [-0.2, 0) is 5.75 Å². The first-order valence-electron chi connectivity index (χ1n) is 6.61. The van der Waals surface area contributed by atoms with Crippen LogP contribution in [0.1, 0.15) is 27.0 Å². The minimum atomic E-state index is -0.972. The summed E-state index contributed by atoms with van der Waals surface area (Å²) < 4.78 is 5.15. The number of aryl methyl sites for hydroxylation is 2. The molecule has 110 valence electrons. The maximum Gasteiger partial charge on any atom is 0.339 e. The molecule has 0 aromatic heterocycles. The molecular weight excluding hydrogens is 284 g/mol. The molecule has 4 heteroatoms. The van der Waals surface area contributed by atoms with E-state index in [4.69, 9.17) is 9.84 Å². The second-order valence-corrected chi connectivity index (χ2v) is 5.91. The van der Waals surface area contributed by atoms with Crippen LogP contribution in [0.4, 0.5) is 0 Å². The Labute approximate surface area is 129 Å². The number of methoxy groups -OCH3 is 1. The number of carboxylic acid groups (broad SMARTS) is 1. The van der Waals surface area contributed by atoms with Gasteiger partial charge in [0.1, 0.15) is 11.3 Å². The molecule has 2 rings (SSSR count). The minimum Gasteiger partial charge on any atom is -0.496 e. The van der Waals surface area contributed by atoms with Gasteiger partial charge in [0.05, 0.1) is 7.11 Å². The van der Waals surface area contributed by atoms with Crippen molar-refractivity contribution in [3.8, 4) is 5.75 Å². The Balaban J connectivity index is 2.15. The van der Waals surface area contributed by atoms with Gasteiger partial charge >= 0.3 is 5.97 Å².